The van der Waals surface area contributed by atoms with Crippen LogP contribution in [0.4, 0.5) is 0 Å². The standard InChI is InChI=1S/C23H20BrClN/c1-26(2)23(16-5-17-3-14-22(25)15-4-17)20-8-6-18(7-9-20)19-10-12-21(24)13-11-19/h3-16H,1-2H3/q+1/b16-5+. The summed E-state index contributed by atoms with van der Waals surface area (Å²) >= 11 is 9.44. The van der Waals surface area contributed by atoms with Crippen LogP contribution in [0.5, 0.6) is 0 Å². The molecule has 1 nitrogen and oxygen atoms in total. The Morgan fingerprint density at radius 2 is 1.35 bits per heavy atom. The van der Waals surface area contributed by atoms with Gasteiger partial charge in [-0.1, -0.05) is 63.9 Å². The molecule has 3 rings (SSSR count). The van der Waals surface area contributed by atoms with Gasteiger partial charge >= 0.3 is 0 Å². The van der Waals surface area contributed by atoms with Crippen molar-refractivity contribution in [3.05, 3.63) is 99.5 Å². The minimum absolute atomic E-state index is 0.752. The van der Waals surface area contributed by atoms with Crippen molar-refractivity contribution in [2.24, 2.45) is 0 Å². The molecule has 0 aliphatic heterocycles. The highest BCUT2D eigenvalue weighted by Crippen LogP contribution is 2.22. The van der Waals surface area contributed by atoms with E-state index >= 15 is 0 Å². The summed E-state index contributed by atoms with van der Waals surface area (Å²) in [6.45, 7) is 0. The average molecular weight is 426 g/mol. The molecule has 0 amide bonds. The van der Waals surface area contributed by atoms with E-state index in [9.17, 15) is 0 Å². The maximum atomic E-state index is 5.95. The van der Waals surface area contributed by atoms with Gasteiger partial charge in [0.1, 0.15) is 14.1 Å². The summed E-state index contributed by atoms with van der Waals surface area (Å²) in [5.74, 6) is 0. The molecule has 0 unspecified atom stereocenters. The van der Waals surface area contributed by atoms with Crippen LogP contribution in [0.2, 0.25) is 5.02 Å². The molecule has 0 bridgehead atoms. The van der Waals surface area contributed by atoms with Gasteiger partial charge in [0.05, 0.1) is 0 Å². The van der Waals surface area contributed by atoms with Crippen LogP contribution in [0.15, 0.2) is 83.3 Å². The van der Waals surface area contributed by atoms with Crippen molar-refractivity contribution in [2.45, 2.75) is 0 Å². The molecule has 0 saturated heterocycles. The zero-order chi connectivity index (χ0) is 18.5. The summed E-state index contributed by atoms with van der Waals surface area (Å²) < 4.78 is 3.22. The Morgan fingerprint density at radius 3 is 1.88 bits per heavy atom. The second kappa shape index (κ2) is 8.48. The van der Waals surface area contributed by atoms with Crippen molar-refractivity contribution in [3.8, 4) is 11.1 Å². The van der Waals surface area contributed by atoms with Crippen molar-refractivity contribution >= 4 is 39.3 Å². The molecule has 0 atom stereocenters. The summed E-state index contributed by atoms with van der Waals surface area (Å²) in [5.41, 5.74) is 5.88. The number of hydrogen-bond donors (Lipinski definition) is 0. The van der Waals surface area contributed by atoms with E-state index in [1.807, 2.05) is 24.3 Å². The molecule has 26 heavy (non-hydrogen) atoms. The molecule has 0 aliphatic rings. The van der Waals surface area contributed by atoms with Gasteiger partial charge in [0.2, 0.25) is 5.71 Å². The highest BCUT2D eigenvalue weighted by atomic mass is 79.9. The Bertz CT molecular complexity index is 933. The molecule has 0 N–H and O–H groups in total. The van der Waals surface area contributed by atoms with Gasteiger partial charge in [0, 0.05) is 21.1 Å². The summed E-state index contributed by atoms with van der Waals surface area (Å²) in [5, 5.41) is 0.752. The molecule has 0 aromatic heterocycles. The molecule has 0 radical (unpaired) electrons. The van der Waals surface area contributed by atoms with E-state index < -0.39 is 0 Å². The molecule has 0 heterocycles. The van der Waals surface area contributed by atoms with E-state index in [0.29, 0.717) is 0 Å². The van der Waals surface area contributed by atoms with Crippen LogP contribution in [0, 0.1) is 0 Å². The highest BCUT2D eigenvalue weighted by Gasteiger charge is 2.08. The molecule has 3 heteroatoms. The lowest BCUT2D eigenvalue weighted by Gasteiger charge is -2.05. The van der Waals surface area contributed by atoms with Crippen LogP contribution >= 0.6 is 27.5 Å². The molecule has 0 spiro atoms. The first-order chi connectivity index (χ1) is 12.5. The van der Waals surface area contributed by atoms with Gasteiger partial charge in [-0.05, 0) is 59.2 Å². The first-order valence-electron chi connectivity index (χ1n) is 8.37. The third-order valence-electron chi connectivity index (χ3n) is 4.14. The fraction of sp³-hybridized carbons (Fsp3) is 0.0870. The fourth-order valence-corrected chi connectivity index (χ4v) is 3.12. The molecule has 0 aliphatic carbocycles. The monoisotopic (exact) mass is 424 g/mol. The van der Waals surface area contributed by atoms with Crippen LogP contribution in [-0.2, 0) is 0 Å². The second-order valence-corrected chi connectivity index (χ2v) is 7.60. The smallest absolute Gasteiger partial charge is 0.206 e. The van der Waals surface area contributed by atoms with Crippen LogP contribution in [0.1, 0.15) is 11.1 Å². The highest BCUT2D eigenvalue weighted by molar-refractivity contribution is 9.10. The van der Waals surface area contributed by atoms with Crippen molar-refractivity contribution in [1.82, 2.24) is 0 Å². The van der Waals surface area contributed by atoms with E-state index in [1.54, 1.807) is 0 Å². The van der Waals surface area contributed by atoms with E-state index in [1.165, 1.54) is 16.7 Å². The molecule has 130 valence electrons. The van der Waals surface area contributed by atoms with Gasteiger partial charge in [-0.2, -0.15) is 0 Å². The summed E-state index contributed by atoms with van der Waals surface area (Å²) in [7, 11) is 4.12. The third-order valence-corrected chi connectivity index (χ3v) is 4.92. The lowest BCUT2D eigenvalue weighted by Crippen LogP contribution is -2.12. The topological polar surface area (TPSA) is 3.01 Å². The number of allylic oxidation sites excluding steroid dienone is 1. The van der Waals surface area contributed by atoms with Crippen LogP contribution < -0.4 is 0 Å². The van der Waals surface area contributed by atoms with Gasteiger partial charge in [-0.15, -0.1) is 0 Å². The predicted molar refractivity (Wildman–Crippen MR) is 116 cm³/mol. The van der Waals surface area contributed by atoms with Crippen molar-refractivity contribution in [2.75, 3.05) is 14.1 Å². The fourth-order valence-electron chi connectivity index (χ4n) is 2.73. The third kappa shape index (κ3) is 4.72. The van der Waals surface area contributed by atoms with Gasteiger partial charge < -0.3 is 0 Å². The second-order valence-electron chi connectivity index (χ2n) is 6.25. The first-order valence-corrected chi connectivity index (χ1v) is 9.54. The number of nitrogens with zero attached hydrogens (tertiary/aromatic N) is 1. The first kappa shape index (κ1) is 18.6. The SMILES string of the molecule is C[N+](C)=C(/C=C/c1ccc(Cl)cc1)c1ccc(-c2ccc(Br)cc2)cc1. The molecule has 3 aromatic carbocycles. The number of halogens is 2. The van der Waals surface area contributed by atoms with Gasteiger partial charge in [0.15, 0.2) is 0 Å². The molecular formula is C23H20BrClN+. The van der Waals surface area contributed by atoms with Crippen LogP contribution in [0.3, 0.4) is 0 Å². The quantitative estimate of drug-likeness (QED) is 0.329. The normalized spacial score (nSPS) is 10.9. The molecule has 3 aromatic rings. The molecule has 0 saturated carbocycles. The summed E-state index contributed by atoms with van der Waals surface area (Å²) in [6.07, 6.45) is 4.24. The maximum Gasteiger partial charge on any atom is 0.206 e. The van der Waals surface area contributed by atoms with Crippen LogP contribution in [-0.4, -0.2) is 24.4 Å². The zero-order valence-corrected chi connectivity index (χ0v) is 17.1. The van der Waals surface area contributed by atoms with Gasteiger partial charge in [-0.25, -0.2) is 4.58 Å². The Labute approximate surface area is 168 Å². The van der Waals surface area contributed by atoms with E-state index in [-0.39, 0.29) is 0 Å². The molecular weight excluding hydrogens is 406 g/mol. The zero-order valence-electron chi connectivity index (χ0n) is 14.8. The Balaban J connectivity index is 1.86. The predicted octanol–water partition coefficient (Wildman–Crippen LogP) is 6.54. The van der Waals surface area contributed by atoms with Gasteiger partial charge in [0.25, 0.3) is 0 Å². The number of hydrogen-bond acceptors (Lipinski definition) is 0. The lowest BCUT2D eigenvalue weighted by atomic mass is 10.0. The van der Waals surface area contributed by atoms with Crippen LogP contribution in [0.25, 0.3) is 17.2 Å². The Kier molecular flexibility index (Phi) is 6.08. The van der Waals surface area contributed by atoms with Crippen molar-refractivity contribution < 1.29 is 4.58 Å². The van der Waals surface area contributed by atoms with Crippen molar-refractivity contribution in [1.29, 1.82) is 0 Å². The largest absolute Gasteiger partial charge is 0.235 e. The maximum absolute atomic E-state index is 5.95. The van der Waals surface area contributed by atoms with Gasteiger partial charge in [-0.3, -0.25) is 0 Å². The van der Waals surface area contributed by atoms with E-state index in [0.717, 1.165) is 20.8 Å². The minimum Gasteiger partial charge on any atom is -0.235 e. The summed E-state index contributed by atoms with van der Waals surface area (Å²) in [6, 6.07) is 24.9. The van der Waals surface area contributed by atoms with E-state index in [4.69, 9.17) is 11.6 Å². The average Bonchev–Trinajstić information content (AvgIpc) is 2.64. The number of rotatable bonds is 4. The van der Waals surface area contributed by atoms with Crippen molar-refractivity contribution in [3.63, 3.8) is 0 Å². The Morgan fingerprint density at radius 1 is 0.808 bits per heavy atom. The lowest BCUT2D eigenvalue weighted by molar-refractivity contribution is -0.463. The van der Waals surface area contributed by atoms with E-state index in [2.05, 4.69) is 95.3 Å². The summed E-state index contributed by atoms with van der Waals surface area (Å²) in [4.78, 5) is 0. The number of benzene rings is 3. The Hall–Kier alpha value is -2.16. The molecule has 0 fully saturated rings. The minimum atomic E-state index is 0.752.